The van der Waals surface area contributed by atoms with E-state index in [4.69, 9.17) is 17.3 Å². The van der Waals surface area contributed by atoms with Crippen molar-refractivity contribution in [2.75, 3.05) is 19.7 Å². The Morgan fingerprint density at radius 1 is 1.53 bits per heavy atom. The molecule has 0 bridgehead atoms. The van der Waals surface area contributed by atoms with E-state index in [1.54, 1.807) is 0 Å². The van der Waals surface area contributed by atoms with Crippen LogP contribution in [0.2, 0.25) is 5.02 Å². The standard InChI is InChI=1S/C15H23ClN2O/c1-11-5-7-18(15(11)10-19)8-6-14(17)12-3-2-4-13(16)9-12/h2-4,9,11,14-15,19H,5-8,10,17H2,1H3. The fourth-order valence-corrected chi connectivity index (χ4v) is 3.07. The molecule has 19 heavy (non-hydrogen) atoms. The first-order valence-electron chi connectivity index (χ1n) is 6.97. The molecule has 0 spiro atoms. The van der Waals surface area contributed by atoms with Crippen LogP contribution in [0.25, 0.3) is 0 Å². The van der Waals surface area contributed by atoms with Crippen LogP contribution < -0.4 is 5.73 Å². The molecule has 0 amide bonds. The molecule has 106 valence electrons. The third kappa shape index (κ3) is 3.69. The Morgan fingerprint density at radius 3 is 3.00 bits per heavy atom. The van der Waals surface area contributed by atoms with Crippen LogP contribution in [0.1, 0.15) is 31.4 Å². The van der Waals surface area contributed by atoms with Crippen LogP contribution in [0.5, 0.6) is 0 Å². The van der Waals surface area contributed by atoms with Crippen molar-refractivity contribution in [1.29, 1.82) is 0 Å². The highest BCUT2D eigenvalue weighted by molar-refractivity contribution is 6.30. The molecule has 1 aliphatic heterocycles. The first kappa shape index (κ1) is 14.8. The van der Waals surface area contributed by atoms with Gasteiger partial charge in [0.2, 0.25) is 0 Å². The molecule has 3 N–H and O–H groups in total. The molecular weight excluding hydrogens is 260 g/mol. The van der Waals surface area contributed by atoms with Gasteiger partial charge >= 0.3 is 0 Å². The average Bonchev–Trinajstić information content (AvgIpc) is 2.76. The molecule has 0 radical (unpaired) electrons. The van der Waals surface area contributed by atoms with Gasteiger partial charge in [0, 0.05) is 23.7 Å². The molecule has 1 aromatic carbocycles. The molecule has 0 aromatic heterocycles. The second-order valence-corrected chi connectivity index (χ2v) is 5.94. The van der Waals surface area contributed by atoms with Gasteiger partial charge in [-0.1, -0.05) is 30.7 Å². The predicted octanol–water partition coefficient (Wildman–Crippen LogP) is 2.43. The van der Waals surface area contributed by atoms with Crippen molar-refractivity contribution in [3.05, 3.63) is 34.9 Å². The van der Waals surface area contributed by atoms with Gasteiger partial charge in [0.1, 0.15) is 0 Å². The summed E-state index contributed by atoms with van der Waals surface area (Å²) in [6, 6.07) is 8.06. The molecule has 1 fully saturated rings. The van der Waals surface area contributed by atoms with E-state index in [0.717, 1.165) is 36.5 Å². The maximum Gasteiger partial charge on any atom is 0.0589 e. The van der Waals surface area contributed by atoms with E-state index in [9.17, 15) is 5.11 Å². The Hall–Kier alpha value is -0.610. The zero-order chi connectivity index (χ0) is 13.8. The summed E-state index contributed by atoms with van der Waals surface area (Å²) in [4.78, 5) is 2.36. The SMILES string of the molecule is CC1CCN(CCC(N)c2cccc(Cl)c2)C1CO. The number of rotatable bonds is 5. The van der Waals surface area contributed by atoms with Gasteiger partial charge in [-0.3, -0.25) is 4.90 Å². The molecule has 3 nitrogen and oxygen atoms in total. The van der Waals surface area contributed by atoms with E-state index in [-0.39, 0.29) is 12.6 Å². The number of nitrogens with two attached hydrogens (primary N) is 1. The molecular formula is C15H23ClN2O. The fraction of sp³-hybridized carbons (Fsp3) is 0.600. The molecule has 2 rings (SSSR count). The number of aliphatic hydroxyl groups excluding tert-OH is 1. The number of aliphatic hydroxyl groups is 1. The van der Waals surface area contributed by atoms with Crippen LogP contribution in [-0.2, 0) is 0 Å². The third-order valence-corrected chi connectivity index (χ3v) is 4.42. The molecule has 1 heterocycles. The highest BCUT2D eigenvalue weighted by Crippen LogP contribution is 2.25. The Labute approximate surface area is 120 Å². The number of likely N-dealkylation sites (tertiary alicyclic amines) is 1. The van der Waals surface area contributed by atoms with Gasteiger partial charge in [-0.15, -0.1) is 0 Å². The van der Waals surface area contributed by atoms with Crippen molar-refractivity contribution in [3.63, 3.8) is 0 Å². The van der Waals surface area contributed by atoms with Crippen molar-refractivity contribution < 1.29 is 5.11 Å². The number of nitrogens with zero attached hydrogens (tertiary/aromatic N) is 1. The molecule has 0 aliphatic carbocycles. The van der Waals surface area contributed by atoms with E-state index in [0.29, 0.717) is 12.0 Å². The number of halogens is 1. The third-order valence-electron chi connectivity index (χ3n) is 4.19. The topological polar surface area (TPSA) is 49.5 Å². The lowest BCUT2D eigenvalue weighted by atomic mass is 10.0. The van der Waals surface area contributed by atoms with Crippen LogP contribution in [0.3, 0.4) is 0 Å². The summed E-state index contributed by atoms with van der Waals surface area (Å²) < 4.78 is 0. The number of benzene rings is 1. The lowest BCUT2D eigenvalue weighted by Gasteiger charge is -2.26. The lowest BCUT2D eigenvalue weighted by molar-refractivity contribution is 0.136. The molecule has 3 atom stereocenters. The van der Waals surface area contributed by atoms with E-state index in [1.807, 2.05) is 24.3 Å². The average molecular weight is 283 g/mol. The van der Waals surface area contributed by atoms with Crippen LogP contribution in [0.15, 0.2) is 24.3 Å². The van der Waals surface area contributed by atoms with Crippen LogP contribution >= 0.6 is 11.6 Å². The Morgan fingerprint density at radius 2 is 2.32 bits per heavy atom. The molecule has 1 aliphatic rings. The monoisotopic (exact) mass is 282 g/mol. The highest BCUT2D eigenvalue weighted by Gasteiger charge is 2.30. The summed E-state index contributed by atoms with van der Waals surface area (Å²) in [6.45, 7) is 4.45. The Kier molecular flexibility index (Phi) is 5.22. The summed E-state index contributed by atoms with van der Waals surface area (Å²) in [5.74, 6) is 0.576. The zero-order valence-corrected chi connectivity index (χ0v) is 12.2. The van der Waals surface area contributed by atoms with Gasteiger partial charge in [-0.05, 0) is 43.0 Å². The molecule has 4 heteroatoms. The minimum absolute atomic E-state index is 0.00829. The summed E-state index contributed by atoms with van der Waals surface area (Å²) in [6.07, 6.45) is 2.06. The number of hydrogen-bond donors (Lipinski definition) is 2. The minimum atomic E-state index is 0.00829. The van der Waals surface area contributed by atoms with Crippen molar-refractivity contribution in [1.82, 2.24) is 4.90 Å². The fourth-order valence-electron chi connectivity index (χ4n) is 2.87. The van der Waals surface area contributed by atoms with Crippen LogP contribution in [0, 0.1) is 5.92 Å². The molecule has 0 saturated carbocycles. The van der Waals surface area contributed by atoms with E-state index in [2.05, 4.69) is 11.8 Å². The van der Waals surface area contributed by atoms with Gasteiger partial charge in [0.05, 0.1) is 6.61 Å². The van der Waals surface area contributed by atoms with Crippen molar-refractivity contribution in [3.8, 4) is 0 Å². The summed E-state index contributed by atoms with van der Waals surface area (Å²) in [5, 5.41) is 10.2. The highest BCUT2D eigenvalue weighted by atomic mass is 35.5. The smallest absolute Gasteiger partial charge is 0.0589 e. The van der Waals surface area contributed by atoms with Crippen molar-refractivity contribution in [2.24, 2.45) is 11.7 Å². The Balaban J connectivity index is 1.88. The molecule has 1 saturated heterocycles. The van der Waals surface area contributed by atoms with E-state index in [1.165, 1.54) is 0 Å². The predicted molar refractivity (Wildman–Crippen MR) is 79.2 cm³/mol. The number of hydrogen-bond acceptors (Lipinski definition) is 3. The normalized spacial score (nSPS) is 25.7. The van der Waals surface area contributed by atoms with Gasteiger partial charge in [0.25, 0.3) is 0 Å². The second kappa shape index (κ2) is 6.71. The van der Waals surface area contributed by atoms with Gasteiger partial charge in [0.15, 0.2) is 0 Å². The lowest BCUT2D eigenvalue weighted by Crippen LogP contribution is -2.36. The van der Waals surface area contributed by atoms with Crippen LogP contribution in [-0.4, -0.2) is 35.7 Å². The van der Waals surface area contributed by atoms with Gasteiger partial charge < -0.3 is 10.8 Å². The molecule has 3 unspecified atom stereocenters. The van der Waals surface area contributed by atoms with Gasteiger partial charge in [-0.25, -0.2) is 0 Å². The quantitative estimate of drug-likeness (QED) is 0.872. The van der Waals surface area contributed by atoms with Crippen molar-refractivity contribution in [2.45, 2.75) is 31.8 Å². The maximum atomic E-state index is 9.44. The van der Waals surface area contributed by atoms with Gasteiger partial charge in [-0.2, -0.15) is 0 Å². The first-order valence-corrected chi connectivity index (χ1v) is 7.35. The van der Waals surface area contributed by atoms with E-state index >= 15 is 0 Å². The van der Waals surface area contributed by atoms with Crippen molar-refractivity contribution >= 4 is 11.6 Å². The Bertz CT molecular complexity index is 413. The molecule has 1 aromatic rings. The summed E-state index contributed by atoms with van der Waals surface area (Å²) in [5.41, 5.74) is 7.30. The maximum absolute atomic E-state index is 9.44. The van der Waals surface area contributed by atoms with Crippen LogP contribution in [0.4, 0.5) is 0 Å². The summed E-state index contributed by atoms with van der Waals surface area (Å²) in [7, 11) is 0. The minimum Gasteiger partial charge on any atom is -0.395 e. The van der Waals surface area contributed by atoms with E-state index < -0.39 is 0 Å². The summed E-state index contributed by atoms with van der Waals surface area (Å²) >= 11 is 5.98. The largest absolute Gasteiger partial charge is 0.395 e. The first-order chi connectivity index (χ1) is 9.11. The second-order valence-electron chi connectivity index (χ2n) is 5.50. The zero-order valence-electron chi connectivity index (χ0n) is 11.4.